The average Bonchev–Trinajstić information content (AvgIpc) is 2.53. The number of nitrogens with two attached hydrogens (primary N) is 1. The van der Waals surface area contributed by atoms with E-state index in [-0.39, 0.29) is 23.3 Å². The van der Waals surface area contributed by atoms with Crippen LogP contribution in [0.15, 0.2) is 29.2 Å². The molecule has 7 nitrogen and oxygen atoms in total. The lowest BCUT2D eigenvalue weighted by Gasteiger charge is -2.20. The SMILES string of the molecule is CCCCCN(CC(=O)NCCc1ccc(S(N)(=O)=O)cc1)C(C)=O. The summed E-state index contributed by atoms with van der Waals surface area (Å²) >= 11 is 0. The monoisotopic (exact) mass is 369 g/mol. The topological polar surface area (TPSA) is 110 Å². The fourth-order valence-electron chi connectivity index (χ4n) is 2.32. The fourth-order valence-corrected chi connectivity index (χ4v) is 2.84. The summed E-state index contributed by atoms with van der Waals surface area (Å²) in [7, 11) is -3.69. The first-order chi connectivity index (χ1) is 11.7. The molecule has 1 rings (SSSR count). The molecule has 2 amide bonds. The van der Waals surface area contributed by atoms with Crippen molar-refractivity contribution >= 4 is 21.8 Å². The molecule has 0 spiro atoms. The summed E-state index contributed by atoms with van der Waals surface area (Å²) in [6, 6.07) is 6.21. The average molecular weight is 369 g/mol. The second kappa shape index (κ2) is 10.1. The maximum atomic E-state index is 12.0. The van der Waals surface area contributed by atoms with Gasteiger partial charge < -0.3 is 10.2 Å². The molecule has 8 heteroatoms. The van der Waals surface area contributed by atoms with Crippen molar-refractivity contribution in [3.63, 3.8) is 0 Å². The molecule has 25 heavy (non-hydrogen) atoms. The summed E-state index contributed by atoms with van der Waals surface area (Å²) in [5.41, 5.74) is 0.888. The van der Waals surface area contributed by atoms with Crippen LogP contribution >= 0.6 is 0 Å². The predicted octanol–water partition coefficient (Wildman–Crippen LogP) is 1.03. The van der Waals surface area contributed by atoms with Crippen molar-refractivity contribution in [2.75, 3.05) is 19.6 Å². The van der Waals surface area contributed by atoms with E-state index in [2.05, 4.69) is 12.2 Å². The number of unbranched alkanes of at least 4 members (excludes halogenated alkanes) is 2. The number of benzene rings is 1. The molecule has 140 valence electrons. The van der Waals surface area contributed by atoms with E-state index in [1.807, 2.05) is 0 Å². The molecule has 0 aliphatic heterocycles. The number of hydrogen-bond acceptors (Lipinski definition) is 4. The van der Waals surface area contributed by atoms with Crippen molar-refractivity contribution in [2.24, 2.45) is 5.14 Å². The van der Waals surface area contributed by atoms with E-state index in [4.69, 9.17) is 5.14 Å². The molecular weight excluding hydrogens is 342 g/mol. The summed E-state index contributed by atoms with van der Waals surface area (Å²) in [5, 5.41) is 7.82. The smallest absolute Gasteiger partial charge is 0.239 e. The lowest BCUT2D eigenvalue weighted by molar-refractivity contribution is -0.134. The van der Waals surface area contributed by atoms with Gasteiger partial charge in [0.15, 0.2) is 0 Å². The quantitative estimate of drug-likeness (QED) is 0.600. The maximum absolute atomic E-state index is 12.0. The van der Waals surface area contributed by atoms with Gasteiger partial charge in [-0.3, -0.25) is 9.59 Å². The first-order valence-corrected chi connectivity index (χ1v) is 9.92. The van der Waals surface area contributed by atoms with Gasteiger partial charge in [0.05, 0.1) is 11.4 Å². The summed E-state index contributed by atoms with van der Waals surface area (Å²) < 4.78 is 22.4. The molecule has 0 fully saturated rings. The number of primary sulfonamides is 1. The molecule has 0 radical (unpaired) electrons. The van der Waals surface area contributed by atoms with Crippen LogP contribution in [0.5, 0.6) is 0 Å². The number of carbonyl (C=O) groups excluding carboxylic acids is 2. The third-order valence-electron chi connectivity index (χ3n) is 3.80. The van der Waals surface area contributed by atoms with Crippen molar-refractivity contribution in [1.82, 2.24) is 10.2 Å². The van der Waals surface area contributed by atoms with Crippen molar-refractivity contribution in [2.45, 2.75) is 44.4 Å². The lowest BCUT2D eigenvalue weighted by atomic mass is 10.1. The zero-order valence-electron chi connectivity index (χ0n) is 14.8. The van der Waals surface area contributed by atoms with Crippen LogP contribution in [-0.2, 0) is 26.0 Å². The summed E-state index contributed by atoms with van der Waals surface area (Å²) in [6.45, 7) is 4.61. The van der Waals surface area contributed by atoms with Gasteiger partial charge >= 0.3 is 0 Å². The Kier molecular flexibility index (Phi) is 8.57. The van der Waals surface area contributed by atoms with Gasteiger partial charge in [0.25, 0.3) is 0 Å². The molecule has 0 bridgehead atoms. The Balaban J connectivity index is 2.41. The van der Waals surface area contributed by atoms with Crippen LogP contribution in [0.3, 0.4) is 0 Å². The molecule has 0 atom stereocenters. The number of rotatable bonds is 10. The normalized spacial score (nSPS) is 11.2. The van der Waals surface area contributed by atoms with Crippen LogP contribution < -0.4 is 10.5 Å². The van der Waals surface area contributed by atoms with Crippen LogP contribution in [0.25, 0.3) is 0 Å². The summed E-state index contributed by atoms with van der Waals surface area (Å²) in [4.78, 5) is 25.1. The van der Waals surface area contributed by atoms with Crippen LogP contribution in [0.2, 0.25) is 0 Å². The molecule has 0 aromatic heterocycles. The Morgan fingerprint density at radius 1 is 1.16 bits per heavy atom. The molecule has 0 saturated heterocycles. The number of nitrogens with zero attached hydrogens (tertiary/aromatic N) is 1. The van der Waals surface area contributed by atoms with Gasteiger partial charge in [0.1, 0.15) is 0 Å². The Morgan fingerprint density at radius 3 is 2.32 bits per heavy atom. The molecule has 0 aliphatic rings. The molecule has 3 N–H and O–H groups in total. The highest BCUT2D eigenvalue weighted by molar-refractivity contribution is 7.89. The Labute approximate surface area is 149 Å². The molecule has 0 aliphatic carbocycles. The number of amides is 2. The minimum atomic E-state index is -3.69. The minimum Gasteiger partial charge on any atom is -0.354 e. The molecule has 0 saturated carbocycles. The van der Waals surface area contributed by atoms with Crippen LogP contribution in [-0.4, -0.2) is 44.8 Å². The zero-order valence-corrected chi connectivity index (χ0v) is 15.6. The van der Waals surface area contributed by atoms with Gasteiger partial charge in [-0.2, -0.15) is 0 Å². The van der Waals surface area contributed by atoms with Gasteiger partial charge in [0, 0.05) is 20.0 Å². The highest BCUT2D eigenvalue weighted by Crippen LogP contribution is 2.08. The fraction of sp³-hybridized carbons (Fsp3) is 0.529. The Bertz CT molecular complexity index is 672. The van der Waals surface area contributed by atoms with Crippen molar-refractivity contribution in [1.29, 1.82) is 0 Å². The van der Waals surface area contributed by atoms with Gasteiger partial charge in [-0.1, -0.05) is 31.9 Å². The highest BCUT2D eigenvalue weighted by atomic mass is 32.2. The Hall–Kier alpha value is -1.93. The van der Waals surface area contributed by atoms with Gasteiger partial charge in [-0.15, -0.1) is 0 Å². The molecule has 0 heterocycles. The summed E-state index contributed by atoms with van der Waals surface area (Å²) in [5.74, 6) is -0.308. The van der Waals surface area contributed by atoms with Crippen LogP contribution in [0.1, 0.15) is 38.7 Å². The standard InChI is InChI=1S/C17H27N3O4S/c1-3-4-5-12-20(14(2)21)13-17(22)19-11-10-15-6-8-16(9-7-15)25(18,23)24/h6-9H,3-5,10-13H2,1-2H3,(H,19,22)(H2,18,23,24). The number of nitrogens with one attached hydrogen (secondary N) is 1. The van der Waals surface area contributed by atoms with Crippen molar-refractivity contribution < 1.29 is 18.0 Å². The number of sulfonamides is 1. The van der Waals surface area contributed by atoms with E-state index >= 15 is 0 Å². The third-order valence-corrected chi connectivity index (χ3v) is 4.73. The van der Waals surface area contributed by atoms with Crippen molar-refractivity contribution in [3.8, 4) is 0 Å². The first kappa shape index (κ1) is 21.1. The van der Waals surface area contributed by atoms with Crippen molar-refractivity contribution in [3.05, 3.63) is 29.8 Å². The Morgan fingerprint density at radius 2 is 1.80 bits per heavy atom. The maximum Gasteiger partial charge on any atom is 0.239 e. The van der Waals surface area contributed by atoms with Gasteiger partial charge in [0.2, 0.25) is 21.8 Å². The largest absolute Gasteiger partial charge is 0.354 e. The van der Waals surface area contributed by atoms with E-state index < -0.39 is 10.0 Å². The van der Waals surface area contributed by atoms with E-state index in [0.717, 1.165) is 24.8 Å². The van der Waals surface area contributed by atoms with E-state index in [1.165, 1.54) is 19.1 Å². The zero-order chi connectivity index (χ0) is 18.9. The predicted molar refractivity (Wildman–Crippen MR) is 96.3 cm³/mol. The highest BCUT2D eigenvalue weighted by Gasteiger charge is 2.13. The van der Waals surface area contributed by atoms with Gasteiger partial charge in [-0.25, -0.2) is 13.6 Å². The summed E-state index contributed by atoms with van der Waals surface area (Å²) in [6.07, 6.45) is 3.54. The lowest BCUT2D eigenvalue weighted by Crippen LogP contribution is -2.40. The molecule has 1 aromatic carbocycles. The number of carbonyl (C=O) groups is 2. The van der Waals surface area contributed by atoms with E-state index in [1.54, 1.807) is 17.0 Å². The molecule has 1 aromatic rings. The minimum absolute atomic E-state index is 0.0589. The molecular formula is C17H27N3O4S. The van der Waals surface area contributed by atoms with Gasteiger partial charge in [-0.05, 0) is 30.5 Å². The first-order valence-electron chi connectivity index (χ1n) is 8.38. The second-order valence-corrected chi connectivity index (χ2v) is 7.50. The van der Waals surface area contributed by atoms with Crippen LogP contribution in [0.4, 0.5) is 0 Å². The van der Waals surface area contributed by atoms with E-state index in [0.29, 0.717) is 19.5 Å². The third kappa shape index (κ3) is 8.13. The molecule has 0 unspecified atom stereocenters. The number of hydrogen-bond donors (Lipinski definition) is 2. The van der Waals surface area contributed by atoms with E-state index in [9.17, 15) is 18.0 Å². The van der Waals surface area contributed by atoms with Crippen LogP contribution in [0, 0.1) is 0 Å². The second-order valence-electron chi connectivity index (χ2n) is 5.94.